The third kappa shape index (κ3) is 1.81. The average Bonchev–Trinajstić information content (AvgIpc) is 2.98. The molecule has 1 aliphatic heterocycles. The fourth-order valence-corrected chi connectivity index (χ4v) is 3.46. The number of rotatable bonds is 1. The summed E-state index contributed by atoms with van der Waals surface area (Å²) in [5, 5.41) is 3.62. The van der Waals surface area contributed by atoms with E-state index in [2.05, 4.69) is 65.5 Å². The van der Waals surface area contributed by atoms with Gasteiger partial charge in [-0.2, -0.15) is 0 Å². The Kier molecular flexibility index (Phi) is 2.66. The van der Waals surface area contributed by atoms with Gasteiger partial charge in [-0.1, -0.05) is 36.4 Å². The molecular formula is C18H16N2S. The molecule has 0 saturated carbocycles. The van der Waals surface area contributed by atoms with Crippen LogP contribution in [-0.2, 0) is 4.87 Å². The number of hydrogen-bond donors (Lipinski definition) is 2. The van der Waals surface area contributed by atoms with Crippen LogP contribution in [0.5, 0.6) is 0 Å². The molecule has 1 N–H and O–H groups in total. The van der Waals surface area contributed by atoms with Crippen LogP contribution in [0.4, 0.5) is 5.69 Å². The highest BCUT2D eigenvalue weighted by atomic mass is 32.1. The minimum atomic E-state index is -0.522. The van der Waals surface area contributed by atoms with Crippen LogP contribution >= 0.6 is 12.6 Å². The zero-order valence-corrected chi connectivity index (χ0v) is 12.6. The monoisotopic (exact) mass is 292 g/mol. The second kappa shape index (κ2) is 4.43. The predicted octanol–water partition coefficient (Wildman–Crippen LogP) is 4.34. The molecule has 0 spiro atoms. The van der Waals surface area contributed by atoms with E-state index < -0.39 is 4.87 Å². The van der Waals surface area contributed by atoms with Crippen molar-refractivity contribution in [3.63, 3.8) is 0 Å². The summed E-state index contributed by atoms with van der Waals surface area (Å²) in [7, 11) is 0. The summed E-state index contributed by atoms with van der Waals surface area (Å²) >= 11 is 5.01. The Balaban J connectivity index is 1.98. The Hall–Kier alpha value is -2.13. The molecule has 104 valence electrons. The van der Waals surface area contributed by atoms with E-state index in [1.807, 2.05) is 18.2 Å². The molecule has 1 unspecified atom stereocenters. The van der Waals surface area contributed by atoms with Gasteiger partial charge in [0.15, 0.2) is 0 Å². The Morgan fingerprint density at radius 2 is 1.81 bits per heavy atom. The summed E-state index contributed by atoms with van der Waals surface area (Å²) in [5.41, 5.74) is 5.79. The van der Waals surface area contributed by atoms with Gasteiger partial charge in [0.1, 0.15) is 4.87 Å². The molecule has 1 aliphatic rings. The van der Waals surface area contributed by atoms with Crippen molar-refractivity contribution in [2.24, 2.45) is 0 Å². The van der Waals surface area contributed by atoms with Crippen molar-refractivity contribution < 1.29 is 0 Å². The predicted molar refractivity (Wildman–Crippen MR) is 90.3 cm³/mol. The van der Waals surface area contributed by atoms with E-state index in [0.29, 0.717) is 0 Å². The summed E-state index contributed by atoms with van der Waals surface area (Å²) in [6, 6.07) is 21.0. The van der Waals surface area contributed by atoms with Gasteiger partial charge in [0.05, 0.1) is 17.1 Å². The van der Waals surface area contributed by atoms with Crippen LogP contribution in [0.2, 0.25) is 0 Å². The van der Waals surface area contributed by atoms with Crippen molar-refractivity contribution in [3.05, 3.63) is 83.7 Å². The Morgan fingerprint density at radius 3 is 2.62 bits per heavy atom. The first-order valence-corrected chi connectivity index (χ1v) is 7.48. The van der Waals surface area contributed by atoms with Gasteiger partial charge in [-0.3, -0.25) is 0 Å². The molecule has 0 fully saturated rings. The summed E-state index contributed by atoms with van der Waals surface area (Å²) in [6.07, 6.45) is 2.10. The van der Waals surface area contributed by atoms with Crippen LogP contribution in [0.3, 0.4) is 0 Å². The average molecular weight is 292 g/mol. The van der Waals surface area contributed by atoms with Gasteiger partial charge in [0, 0.05) is 6.20 Å². The maximum Gasteiger partial charge on any atom is 0.148 e. The van der Waals surface area contributed by atoms with E-state index in [-0.39, 0.29) is 0 Å². The molecular weight excluding hydrogens is 276 g/mol. The molecule has 21 heavy (non-hydrogen) atoms. The van der Waals surface area contributed by atoms with Gasteiger partial charge in [-0.25, -0.2) is 0 Å². The second-order valence-corrected chi connectivity index (χ2v) is 6.16. The number of nitrogens with one attached hydrogen (secondary N) is 1. The maximum absolute atomic E-state index is 5.01. The van der Waals surface area contributed by atoms with E-state index in [1.165, 1.54) is 11.3 Å². The quantitative estimate of drug-likeness (QED) is 0.638. The number of aryl methyl sites for hydroxylation is 1. The van der Waals surface area contributed by atoms with Crippen molar-refractivity contribution in [2.75, 3.05) is 5.32 Å². The molecule has 2 nitrogen and oxygen atoms in total. The molecule has 1 aromatic heterocycles. The lowest BCUT2D eigenvalue weighted by Crippen LogP contribution is -2.36. The highest BCUT2D eigenvalue weighted by molar-refractivity contribution is 7.81. The number of anilines is 1. The summed E-state index contributed by atoms with van der Waals surface area (Å²) in [5.74, 6) is 0. The fraction of sp³-hybridized carbons (Fsp3) is 0.111. The fourth-order valence-electron chi connectivity index (χ4n) is 3.00. The first-order valence-electron chi connectivity index (χ1n) is 7.03. The first-order chi connectivity index (χ1) is 10.2. The van der Waals surface area contributed by atoms with Crippen molar-refractivity contribution >= 4 is 18.3 Å². The van der Waals surface area contributed by atoms with Crippen LogP contribution in [0.25, 0.3) is 5.69 Å². The zero-order chi connectivity index (χ0) is 14.4. The number of hydrogen-bond acceptors (Lipinski definition) is 2. The van der Waals surface area contributed by atoms with E-state index in [0.717, 1.165) is 16.9 Å². The molecule has 0 bridgehead atoms. The number of nitrogens with zero attached hydrogens (tertiary/aromatic N) is 1. The van der Waals surface area contributed by atoms with Crippen LogP contribution in [-0.4, -0.2) is 4.57 Å². The second-order valence-electron chi connectivity index (χ2n) is 5.49. The van der Waals surface area contributed by atoms with Crippen LogP contribution in [0.1, 0.15) is 16.8 Å². The molecule has 2 heterocycles. The number of benzene rings is 2. The van der Waals surface area contributed by atoms with Crippen LogP contribution in [0, 0.1) is 6.92 Å². The summed E-state index contributed by atoms with van der Waals surface area (Å²) in [4.78, 5) is -0.522. The number of fused-ring (bicyclic) bond motifs is 3. The highest BCUT2D eigenvalue weighted by Gasteiger charge is 2.37. The molecule has 4 rings (SSSR count). The lowest BCUT2D eigenvalue weighted by Gasteiger charge is -2.38. The van der Waals surface area contributed by atoms with Gasteiger partial charge in [-0.05, 0) is 42.3 Å². The van der Waals surface area contributed by atoms with E-state index >= 15 is 0 Å². The Morgan fingerprint density at radius 1 is 1.00 bits per heavy atom. The minimum Gasteiger partial charge on any atom is -0.361 e. The number of aromatic nitrogens is 1. The van der Waals surface area contributed by atoms with Crippen molar-refractivity contribution in [1.82, 2.24) is 4.57 Å². The van der Waals surface area contributed by atoms with Crippen molar-refractivity contribution in [3.8, 4) is 5.69 Å². The first kappa shape index (κ1) is 12.6. The topological polar surface area (TPSA) is 17.0 Å². The normalized spacial score (nSPS) is 19.5. The lowest BCUT2D eigenvalue weighted by atomic mass is 9.99. The smallest absolute Gasteiger partial charge is 0.148 e. The van der Waals surface area contributed by atoms with Gasteiger partial charge < -0.3 is 9.88 Å². The molecule has 3 aromatic rings. The maximum atomic E-state index is 5.01. The van der Waals surface area contributed by atoms with Gasteiger partial charge in [-0.15, -0.1) is 12.6 Å². The zero-order valence-electron chi connectivity index (χ0n) is 11.7. The molecule has 0 aliphatic carbocycles. The van der Waals surface area contributed by atoms with Crippen LogP contribution in [0.15, 0.2) is 66.9 Å². The molecule has 0 amide bonds. The van der Waals surface area contributed by atoms with Crippen molar-refractivity contribution in [2.45, 2.75) is 11.8 Å². The molecule has 0 saturated heterocycles. The van der Waals surface area contributed by atoms with E-state index in [9.17, 15) is 0 Å². The molecule has 3 heteroatoms. The third-order valence-corrected chi connectivity index (χ3v) is 4.64. The van der Waals surface area contributed by atoms with E-state index in [1.54, 1.807) is 0 Å². The van der Waals surface area contributed by atoms with Crippen LogP contribution < -0.4 is 5.32 Å². The third-order valence-electron chi connectivity index (χ3n) is 4.04. The lowest BCUT2D eigenvalue weighted by molar-refractivity contribution is 0.760. The van der Waals surface area contributed by atoms with E-state index in [4.69, 9.17) is 12.6 Å². The Labute approximate surface area is 129 Å². The largest absolute Gasteiger partial charge is 0.361 e. The van der Waals surface area contributed by atoms with Gasteiger partial charge >= 0.3 is 0 Å². The molecule has 1 atom stereocenters. The van der Waals surface area contributed by atoms with Gasteiger partial charge in [0.2, 0.25) is 0 Å². The van der Waals surface area contributed by atoms with Gasteiger partial charge in [0.25, 0.3) is 0 Å². The molecule has 2 aromatic carbocycles. The molecule has 0 radical (unpaired) electrons. The Bertz CT molecular complexity index is 807. The standard InChI is InChI=1S/C18H16N2S/c1-13-9-10-16-15(12-13)19-18(21,14-6-3-2-4-7-14)17-8-5-11-20(16)17/h2-12,19,21H,1H3. The summed E-state index contributed by atoms with van der Waals surface area (Å²) in [6.45, 7) is 2.11. The summed E-state index contributed by atoms with van der Waals surface area (Å²) < 4.78 is 2.21. The van der Waals surface area contributed by atoms with Crippen molar-refractivity contribution in [1.29, 1.82) is 0 Å². The number of thiol groups is 1. The highest BCUT2D eigenvalue weighted by Crippen LogP contribution is 2.44. The SMILES string of the molecule is Cc1ccc2c(c1)NC(S)(c1ccccc1)c1cccn1-2. The minimum absolute atomic E-state index is 0.522.